The highest BCUT2D eigenvalue weighted by Crippen LogP contribution is 2.39. The molecule has 0 fully saturated rings. The van der Waals surface area contributed by atoms with E-state index in [-0.39, 0.29) is 31.3 Å². The van der Waals surface area contributed by atoms with E-state index in [1.807, 2.05) is 67.6 Å². The summed E-state index contributed by atoms with van der Waals surface area (Å²) in [4.78, 5) is 18.2. The molecule has 0 saturated heterocycles. The molecule has 7 nitrogen and oxygen atoms in total. The number of methoxy groups -OCH3 is 2. The molecule has 0 amide bonds. The summed E-state index contributed by atoms with van der Waals surface area (Å²) in [5.74, 6) is 1.42. The van der Waals surface area contributed by atoms with E-state index in [1.54, 1.807) is 33.3 Å². The lowest BCUT2D eigenvalue weighted by Gasteiger charge is -2.21. The van der Waals surface area contributed by atoms with Crippen LogP contribution in [0.5, 0.6) is 23.1 Å². The number of benzene rings is 3. The van der Waals surface area contributed by atoms with Crippen LogP contribution in [0.4, 0.5) is 0 Å². The quantitative estimate of drug-likeness (QED) is 0.168. The van der Waals surface area contributed by atoms with Gasteiger partial charge < -0.3 is 23.7 Å². The van der Waals surface area contributed by atoms with Gasteiger partial charge in [-0.2, -0.15) is 0 Å². The second kappa shape index (κ2) is 13.7. The average Bonchev–Trinajstić information content (AvgIpc) is 2.99. The molecule has 0 radical (unpaired) electrons. The molecule has 0 unspecified atom stereocenters. The van der Waals surface area contributed by atoms with Crippen LogP contribution in [-0.4, -0.2) is 31.8 Å². The van der Waals surface area contributed by atoms with Gasteiger partial charge in [-0.05, 0) is 60.9 Å². The van der Waals surface area contributed by atoms with Crippen molar-refractivity contribution in [2.75, 3.05) is 20.8 Å². The minimum Gasteiger partial charge on any atom is -0.497 e. The Morgan fingerprint density at radius 2 is 1.32 bits per heavy atom. The average molecular weight is 562 g/mol. The molecule has 4 rings (SSSR count). The zero-order valence-corrected chi connectivity index (χ0v) is 23.8. The first-order valence-electron chi connectivity index (χ1n) is 13.0. The van der Waals surface area contributed by atoms with E-state index >= 15 is 0 Å². The number of rotatable bonds is 12. The molecular formula is C32H32ClNO6. The number of carbonyl (C=O) groups excluding carboxylic acids is 1. The van der Waals surface area contributed by atoms with E-state index in [9.17, 15) is 4.79 Å². The van der Waals surface area contributed by atoms with Crippen molar-refractivity contribution in [3.05, 3.63) is 100 Å². The number of carbonyl (C=O) groups is 1. The second-order valence-electron chi connectivity index (χ2n) is 8.80. The largest absolute Gasteiger partial charge is 0.497 e. The summed E-state index contributed by atoms with van der Waals surface area (Å²) >= 11 is 6.17. The third-order valence-corrected chi connectivity index (χ3v) is 6.49. The fourth-order valence-electron chi connectivity index (χ4n) is 4.15. The van der Waals surface area contributed by atoms with E-state index in [0.717, 1.165) is 33.8 Å². The van der Waals surface area contributed by atoms with Gasteiger partial charge >= 0.3 is 5.97 Å². The number of aromatic nitrogens is 1. The smallest absolute Gasteiger partial charge is 0.347 e. The number of ether oxygens (including phenoxy) is 5. The van der Waals surface area contributed by atoms with Crippen molar-refractivity contribution in [3.8, 4) is 34.4 Å². The molecule has 40 heavy (non-hydrogen) atoms. The minimum atomic E-state index is -0.568. The van der Waals surface area contributed by atoms with Crippen LogP contribution in [0.1, 0.15) is 40.9 Å². The molecule has 0 atom stereocenters. The Hall–Kier alpha value is -4.23. The molecule has 8 heteroatoms. The predicted octanol–water partition coefficient (Wildman–Crippen LogP) is 7.32. The molecule has 0 aliphatic rings. The van der Waals surface area contributed by atoms with Crippen molar-refractivity contribution in [2.45, 2.75) is 33.5 Å². The Bertz CT molecular complexity index is 1420. The van der Waals surface area contributed by atoms with Crippen LogP contribution in [0.25, 0.3) is 11.3 Å². The normalized spacial score (nSPS) is 10.6. The van der Waals surface area contributed by atoms with Crippen molar-refractivity contribution in [1.29, 1.82) is 0 Å². The van der Waals surface area contributed by atoms with E-state index in [2.05, 4.69) is 0 Å². The van der Waals surface area contributed by atoms with Crippen LogP contribution in [0.2, 0.25) is 5.02 Å². The summed E-state index contributed by atoms with van der Waals surface area (Å²) in [6.07, 6.45) is 0.550. The maximum absolute atomic E-state index is 13.4. The van der Waals surface area contributed by atoms with Gasteiger partial charge in [-0.1, -0.05) is 54.9 Å². The molecule has 0 saturated carbocycles. The zero-order valence-electron chi connectivity index (χ0n) is 23.0. The van der Waals surface area contributed by atoms with Crippen LogP contribution in [0, 0.1) is 0 Å². The van der Waals surface area contributed by atoms with E-state index < -0.39 is 5.97 Å². The van der Waals surface area contributed by atoms with Gasteiger partial charge in [0.2, 0.25) is 5.88 Å². The Labute approximate surface area is 239 Å². The van der Waals surface area contributed by atoms with Gasteiger partial charge in [-0.25, -0.2) is 9.78 Å². The summed E-state index contributed by atoms with van der Waals surface area (Å²) in [6, 6.07) is 22.4. The molecule has 0 bridgehead atoms. The SMILES string of the molecule is CCOC(=O)c1c(OCc2ccc(OC)cc2)nc(-c2ccc(Cl)cc2)c(CC)c1OCc1ccc(OC)cc1. The summed E-state index contributed by atoms with van der Waals surface area (Å²) in [5.41, 5.74) is 4.16. The van der Waals surface area contributed by atoms with Crippen LogP contribution in [0.15, 0.2) is 72.8 Å². The number of halogens is 1. The molecule has 1 heterocycles. The van der Waals surface area contributed by atoms with Crippen molar-refractivity contribution in [2.24, 2.45) is 0 Å². The summed E-state index contributed by atoms with van der Waals surface area (Å²) in [7, 11) is 3.23. The highest BCUT2D eigenvalue weighted by molar-refractivity contribution is 6.30. The van der Waals surface area contributed by atoms with Crippen LogP contribution >= 0.6 is 11.6 Å². The summed E-state index contributed by atoms with van der Waals surface area (Å²) in [6.45, 7) is 4.32. The third kappa shape index (κ3) is 6.85. The lowest BCUT2D eigenvalue weighted by Crippen LogP contribution is -2.15. The maximum Gasteiger partial charge on any atom is 0.347 e. The monoisotopic (exact) mass is 561 g/mol. The van der Waals surface area contributed by atoms with Crippen LogP contribution in [0.3, 0.4) is 0 Å². The molecule has 3 aromatic carbocycles. The van der Waals surface area contributed by atoms with E-state index in [1.165, 1.54) is 0 Å². The first kappa shape index (κ1) is 28.8. The van der Waals surface area contributed by atoms with Gasteiger partial charge in [0, 0.05) is 16.1 Å². The fourth-order valence-corrected chi connectivity index (χ4v) is 4.28. The molecule has 208 valence electrons. The van der Waals surface area contributed by atoms with Crippen molar-refractivity contribution < 1.29 is 28.5 Å². The van der Waals surface area contributed by atoms with Crippen LogP contribution < -0.4 is 18.9 Å². The number of esters is 1. The minimum absolute atomic E-state index is 0.126. The Balaban J connectivity index is 1.82. The number of hydrogen-bond donors (Lipinski definition) is 0. The van der Waals surface area contributed by atoms with Crippen molar-refractivity contribution >= 4 is 17.6 Å². The third-order valence-electron chi connectivity index (χ3n) is 6.24. The Morgan fingerprint density at radius 1 is 0.775 bits per heavy atom. The van der Waals surface area contributed by atoms with Gasteiger partial charge in [0.15, 0.2) is 5.56 Å². The van der Waals surface area contributed by atoms with E-state index in [0.29, 0.717) is 22.9 Å². The first-order valence-corrected chi connectivity index (χ1v) is 13.4. The second-order valence-corrected chi connectivity index (χ2v) is 9.24. The van der Waals surface area contributed by atoms with Crippen LogP contribution in [-0.2, 0) is 24.4 Å². The Kier molecular flexibility index (Phi) is 9.86. The maximum atomic E-state index is 13.4. The van der Waals surface area contributed by atoms with E-state index in [4.69, 9.17) is 40.3 Å². The predicted molar refractivity (Wildman–Crippen MR) is 155 cm³/mol. The zero-order chi connectivity index (χ0) is 28.5. The molecule has 0 spiro atoms. The van der Waals surface area contributed by atoms with Gasteiger partial charge in [0.25, 0.3) is 0 Å². The molecule has 0 aliphatic carbocycles. The van der Waals surface area contributed by atoms with Gasteiger partial charge in [0.1, 0.15) is 30.5 Å². The summed E-state index contributed by atoms with van der Waals surface area (Å²) < 4.78 is 28.6. The summed E-state index contributed by atoms with van der Waals surface area (Å²) in [5, 5.41) is 0.608. The molecule has 1 aromatic heterocycles. The van der Waals surface area contributed by atoms with Gasteiger partial charge in [0.05, 0.1) is 26.5 Å². The lowest BCUT2D eigenvalue weighted by molar-refractivity contribution is 0.0514. The lowest BCUT2D eigenvalue weighted by atomic mass is 10.00. The van der Waals surface area contributed by atoms with Gasteiger partial charge in [-0.15, -0.1) is 0 Å². The number of nitrogens with zero attached hydrogens (tertiary/aromatic N) is 1. The van der Waals surface area contributed by atoms with Gasteiger partial charge in [-0.3, -0.25) is 0 Å². The molecule has 0 aliphatic heterocycles. The first-order chi connectivity index (χ1) is 19.5. The standard InChI is InChI=1S/C32H32ClNO6/c1-5-27-29(23-11-13-24(33)14-12-23)34-31(40-20-22-9-17-26(37-4)18-10-22)28(32(35)38-6-2)30(27)39-19-21-7-15-25(36-3)16-8-21/h7-18H,5-6,19-20H2,1-4H3. The highest BCUT2D eigenvalue weighted by Gasteiger charge is 2.28. The van der Waals surface area contributed by atoms with Crippen molar-refractivity contribution in [1.82, 2.24) is 4.98 Å². The molecule has 4 aromatic rings. The molecule has 0 N–H and O–H groups in total. The fraction of sp³-hybridized carbons (Fsp3) is 0.250. The topological polar surface area (TPSA) is 76.1 Å². The molecular weight excluding hydrogens is 530 g/mol. The van der Waals surface area contributed by atoms with Crippen molar-refractivity contribution in [3.63, 3.8) is 0 Å². The Morgan fingerprint density at radius 3 is 1.82 bits per heavy atom. The highest BCUT2D eigenvalue weighted by atomic mass is 35.5. The number of hydrogen-bond acceptors (Lipinski definition) is 7. The number of pyridine rings is 1.